The summed E-state index contributed by atoms with van der Waals surface area (Å²) in [6, 6.07) is 6.71. The van der Waals surface area contributed by atoms with E-state index in [1.54, 1.807) is 6.20 Å². The number of rotatable bonds is 4. The molecule has 2 N–H and O–H groups in total. The van der Waals surface area contributed by atoms with Gasteiger partial charge in [0.2, 0.25) is 5.91 Å². The molecule has 7 heteroatoms. The number of aromatic amines is 1. The number of fused-ring (bicyclic) bond motifs is 1. The standard InChI is InChI=1S/C18H21N5O2/c1-11-3-4-16-15(7-11)21-18(25-16)23-6-5-13(10-23)17-14(9-20-22-17)8-19-12(2)24/h3-4,7,9,13H,5-6,8,10H2,1-2H3,(H,19,24)(H,20,22). The first-order valence-electron chi connectivity index (χ1n) is 8.49. The number of oxazole rings is 1. The first-order chi connectivity index (χ1) is 12.1. The Hall–Kier alpha value is -2.83. The average molecular weight is 339 g/mol. The highest BCUT2D eigenvalue weighted by Gasteiger charge is 2.29. The first kappa shape index (κ1) is 15.7. The molecule has 1 fully saturated rings. The number of aryl methyl sites for hydroxylation is 1. The van der Waals surface area contributed by atoms with E-state index >= 15 is 0 Å². The predicted octanol–water partition coefficient (Wildman–Crippen LogP) is 2.49. The molecule has 3 heterocycles. The van der Waals surface area contributed by atoms with Crippen molar-refractivity contribution in [2.24, 2.45) is 0 Å². The van der Waals surface area contributed by atoms with Crippen molar-refractivity contribution in [2.75, 3.05) is 18.0 Å². The minimum absolute atomic E-state index is 0.0398. The van der Waals surface area contributed by atoms with Crippen LogP contribution >= 0.6 is 0 Å². The van der Waals surface area contributed by atoms with Crippen LogP contribution in [0.1, 0.15) is 36.1 Å². The molecule has 0 aliphatic carbocycles. The molecule has 3 aromatic rings. The second-order valence-corrected chi connectivity index (χ2v) is 6.62. The zero-order chi connectivity index (χ0) is 17.4. The zero-order valence-electron chi connectivity index (χ0n) is 14.4. The lowest BCUT2D eigenvalue weighted by molar-refractivity contribution is -0.119. The molecule has 7 nitrogen and oxygen atoms in total. The van der Waals surface area contributed by atoms with Crippen LogP contribution in [0.5, 0.6) is 0 Å². The van der Waals surface area contributed by atoms with Crippen molar-refractivity contribution in [3.8, 4) is 0 Å². The monoisotopic (exact) mass is 339 g/mol. The van der Waals surface area contributed by atoms with Crippen molar-refractivity contribution >= 4 is 23.0 Å². The van der Waals surface area contributed by atoms with Gasteiger partial charge in [0.15, 0.2) is 5.58 Å². The predicted molar refractivity (Wildman–Crippen MR) is 94.4 cm³/mol. The Balaban J connectivity index is 1.51. The third-order valence-corrected chi connectivity index (χ3v) is 4.68. The molecule has 1 unspecified atom stereocenters. The number of benzene rings is 1. The summed E-state index contributed by atoms with van der Waals surface area (Å²) in [5, 5.41) is 10.1. The van der Waals surface area contributed by atoms with Gasteiger partial charge in [0.05, 0.1) is 6.20 Å². The molecule has 0 saturated carbocycles. The van der Waals surface area contributed by atoms with Crippen molar-refractivity contribution in [3.63, 3.8) is 0 Å². The molecule has 130 valence electrons. The number of hydrogen-bond donors (Lipinski definition) is 2. The summed E-state index contributed by atoms with van der Waals surface area (Å²) in [6.07, 6.45) is 2.78. The smallest absolute Gasteiger partial charge is 0.298 e. The van der Waals surface area contributed by atoms with E-state index in [2.05, 4.69) is 32.3 Å². The maximum atomic E-state index is 11.1. The van der Waals surface area contributed by atoms with Crippen LogP contribution in [0.25, 0.3) is 11.1 Å². The molecule has 1 amide bonds. The first-order valence-corrected chi connectivity index (χ1v) is 8.49. The molecule has 25 heavy (non-hydrogen) atoms. The van der Waals surface area contributed by atoms with Gasteiger partial charge in [-0.25, -0.2) is 0 Å². The van der Waals surface area contributed by atoms with Gasteiger partial charge in [0, 0.05) is 43.7 Å². The summed E-state index contributed by atoms with van der Waals surface area (Å²) < 4.78 is 5.91. The molecular weight excluding hydrogens is 318 g/mol. The van der Waals surface area contributed by atoms with Crippen LogP contribution < -0.4 is 10.2 Å². The maximum Gasteiger partial charge on any atom is 0.298 e. The lowest BCUT2D eigenvalue weighted by atomic mass is 10.0. The van der Waals surface area contributed by atoms with Crippen LogP contribution in [0.3, 0.4) is 0 Å². The average Bonchev–Trinajstić information content (AvgIpc) is 3.30. The fourth-order valence-corrected chi connectivity index (χ4v) is 3.37. The number of hydrogen-bond acceptors (Lipinski definition) is 5. The van der Waals surface area contributed by atoms with Gasteiger partial charge in [-0.05, 0) is 31.0 Å². The van der Waals surface area contributed by atoms with E-state index < -0.39 is 0 Å². The Labute approximate surface area is 145 Å². The second kappa shape index (κ2) is 6.23. The van der Waals surface area contributed by atoms with Crippen molar-refractivity contribution in [3.05, 3.63) is 41.2 Å². The van der Waals surface area contributed by atoms with Gasteiger partial charge in [-0.1, -0.05) is 6.07 Å². The van der Waals surface area contributed by atoms with Crippen molar-refractivity contribution in [1.82, 2.24) is 20.5 Å². The van der Waals surface area contributed by atoms with Crippen molar-refractivity contribution in [1.29, 1.82) is 0 Å². The minimum atomic E-state index is -0.0398. The lowest BCUT2D eigenvalue weighted by Gasteiger charge is -2.14. The number of carbonyl (C=O) groups excluding carboxylic acids is 1. The van der Waals surface area contributed by atoms with Crippen LogP contribution in [0.15, 0.2) is 28.8 Å². The van der Waals surface area contributed by atoms with Gasteiger partial charge in [0.25, 0.3) is 6.01 Å². The summed E-state index contributed by atoms with van der Waals surface area (Å²) >= 11 is 0. The van der Waals surface area contributed by atoms with Gasteiger partial charge >= 0.3 is 0 Å². The molecule has 4 rings (SSSR count). The Bertz CT molecular complexity index is 913. The lowest BCUT2D eigenvalue weighted by Crippen LogP contribution is -2.21. The number of carbonyl (C=O) groups is 1. The van der Waals surface area contributed by atoms with Gasteiger partial charge in [0.1, 0.15) is 5.52 Å². The van der Waals surface area contributed by atoms with Gasteiger partial charge < -0.3 is 14.6 Å². The summed E-state index contributed by atoms with van der Waals surface area (Å²) in [5.74, 6) is 0.282. The topological polar surface area (TPSA) is 87.0 Å². The number of nitrogens with one attached hydrogen (secondary N) is 2. The molecule has 1 aliphatic rings. The molecule has 1 aromatic carbocycles. The van der Waals surface area contributed by atoms with Crippen LogP contribution in [-0.2, 0) is 11.3 Å². The van der Waals surface area contributed by atoms with Crippen LogP contribution in [0.2, 0.25) is 0 Å². The van der Waals surface area contributed by atoms with E-state index in [1.165, 1.54) is 12.5 Å². The number of H-pyrrole nitrogens is 1. The highest BCUT2D eigenvalue weighted by Crippen LogP contribution is 2.32. The normalized spacial score (nSPS) is 17.4. The van der Waals surface area contributed by atoms with Gasteiger partial charge in [-0.2, -0.15) is 10.1 Å². The molecule has 1 atom stereocenters. The molecule has 1 aliphatic heterocycles. The third-order valence-electron chi connectivity index (χ3n) is 4.68. The maximum absolute atomic E-state index is 11.1. The Kier molecular flexibility index (Phi) is 3.91. The summed E-state index contributed by atoms with van der Waals surface area (Å²) in [4.78, 5) is 17.9. The Morgan fingerprint density at radius 2 is 2.36 bits per heavy atom. The molecule has 0 radical (unpaired) electrons. The van der Waals surface area contributed by atoms with E-state index in [0.29, 0.717) is 18.5 Å². The second-order valence-electron chi connectivity index (χ2n) is 6.62. The molecular formula is C18H21N5O2. The van der Waals surface area contributed by atoms with Crippen molar-refractivity contribution in [2.45, 2.75) is 32.7 Å². The third kappa shape index (κ3) is 3.09. The summed E-state index contributed by atoms with van der Waals surface area (Å²) in [7, 11) is 0. The summed E-state index contributed by atoms with van der Waals surface area (Å²) in [6.45, 7) is 5.77. The van der Waals surface area contributed by atoms with Gasteiger partial charge in [-0.15, -0.1) is 0 Å². The quantitative estimate of drug-likeness (QED) is 0.762. The highest BCUT2D eigenvalue weighted by molar-refractivity contribution is 5.75. The fourth-order valence-electron chi connectivity index (χ4n) is 3.37. The Morgan fingerprint density at radius 3 is 3.20 bits per heavy atom. The largest absolute Gasteiger partial charge is 0.423 e. The van der Waals surface area contributed by atoms with E-state index in [0.717, 1.165) is 41.9 Å². The number of amides is 1. The molecule has 2 aromatic heterocycles. The molecule has 0 spiro atoms. The number of aromatic nitrogens is 3. The molecule has 1 saturated heterocycles. The van der Waals surface area contributed by atoms with E-state index in [9.17, 15) is 4.79 Å². The Morgan fingerprint density at radius 1 is 1.48 bits per heavy atom. The van der Waals surface area contributed by atoms with Crippen molar-refractivity contribution < 1.29 is 9.21 Å². The SMILES string of the molecule is CC(=O)NCc1cn[nH]c1C1CCN(c2nc3cc(C)ccc3o2)C1. The zero-order valence-corrected chi connectivity index (χ0v) is 14.4. The van der Waals surface area contributed by atoms with Crippen LogP contribution in [-0.4, -0.2) is 34.2 Å². The van der Waals surface area contributed by atoms with Crippen LogP contribution in [0.4, 0.5) is 6.01 Å². The molecule has 0 bridgehead atoms. The van der Waals surface area contributed by atoms with E-state index in [-0.39, 0.29) is 5.91 Å². The van der Waals surface area contributed by atoms with E-state index in [1.807, 2.05) is 18.2 Å². The van der Waals surface area contributed by atoms with Crippen LogP contribution in [0, 0.1) is 6.92 Å². The van der Waals surface area contributed by atoms with Gasteiger partial charge in [-0.3, -0.25) is 9.89 Å². The highest BCUT2D eigenvalue weighted by atomic mass is 16.4. The number of nitrogens with zero attached hydrogens (tertiary/aromatic N) is 3. The minimum Gasteiger partial charge on any atom is -0.423 e. The fraction of sp³-hybridized carbons (Fsp3) is 0.389. The number of anilines is 1. The van der Waals surface area contributed by atoms with E-state index in [4.69, 9.17) is 4.42 Å². The summed E-state index contributed by atoms with van der Waals surface area (Å²) in [5.41, 5.74) is 5.01.